The number of nitrogens with zero attached hydrogens (tertiary/aromatic N) is 2. The Bertz CT molecular complexity index is 880. The fraction of sp³-hybridized carbons (Fsp3) is 0.167. The predicted molar refractivity (Wildman–Crippen MR) is 99.9 cm³/mol. The third-order valence-corrected chi connectivity index (χ3v) is 4.75. The minimum Gasteiger partial charge on any atom is -0.411 e. The quantitative estimate of drug-likeness (QED) is 0.649. The summed E-state index contributed by atoms with van der Waals surface area (Å²) < 4.78 is 5.64. The number of thioether (sulfide) groups is 1. The first-order chi connectivity index (χ1) is 12.0. The number of carbonyl (C=O) groups excluding carboxylic acids is 1. The molecule has 0 saturated carbocycles. The van der Waals surface area contributed by atoms with Gasteiger partial charge in [-0.1, -0.05) is 53.2 Å². The average molecular weight is 374 g/mol. The number of anilines is 1. The zero-order chi connectivity index (χ0) is 17.8. The zero-order valence-electron chi connectivity index (χ0n) is 13.7. The molecule has 0 radical (unpaired) electrons. The van der Waals surface area contributed by atoms with Crippen LogP contribution in [0.15, 0.2) is 58.2 Å². The van der Waals surface area contributed by atoms with Crippen molar-refractivity contribution in [1.29, 1.82) is 0 Å². The summed E-state index contributed by atoms with van der Waals surface area (Å²) in [6.07, 6.45) is 0. The molecule has 1 atom stereocenters. The number of nitrogens with one attached hydrogen (secondary N) is 1. The summed E-state index contributed by atoms with van der Waals surface area (Å²) in [5.74, 6) is 0.245. The third kappa shape index (κ3) is 4.41. The van der Waals surface area contributed by atoms with E-state index in [1.165, 1.54) is 11.8 Å². The van der Waals surface area contributed by atoms with Gasteiger partial charge in [0.15, 0.2) is 0 Å². The largest absolute Gasteiger partial charge is 0.411 e. The number of carbonyl (C=O) groups is 1. The summed E-state index contributed by atoms with van der Waals surface area (Å²) in [6, 6.07) is 14.9. The second kappa shape index (κ2) is 7.72. The molecule has 2 aromatic carbocycles. The highest BCUT2D eigenvalue weighted by atomic mass is 35.5. The van der Waals surface area contributed by atoms with Crippen LogP contribution in [-0.2, 0) is 4.79 Å². The molecule has 0 aliphatic rings. The van der Waals surface area contributed by atoms with Crippen LogP contribution in [0, 0.1) is 6.92 Å². The van der Waals surface area contributed by atoms with Crippen molar-refractivity contribution >= 4 is 35.0 Å². The fourth-order valence-electron chi connectivity index (χ4n) is 2.07. The van der Waals surface area contributed by atoms with Gasteiger partial charge in [-0.05, 0) is 38.1 Å². The van der Waals surface area contributed by atoms with Crippen molar-refractivity contribution < 1.29 is 9.21 Å². The van der Waals surface area contributed by atoms with Crippen molar-refractivity contribution in [2.24, 2.45) is 0 Å². The van der Waals surface area contributed by atoms with E-state index < -0.39 is 5.25 Å². The molecule has 1 N–H and O–H groups in total. The highest BCUT2D eigenvalue weighted by molar-refractivity contribution is 8.00. The van der Waals surface area contributed by atoms with E-state index >= 15 is 0 Å². The molecule has 128 valence electrons. The molecule has 1 heterocycles. The maximum Gasteiger partial charge on any atom is 0.277 e. The van der Waals surface area contributed by atoms with Crippen molar-refractivity contribution in [2.45, 2.75) is 24.3 Å². The van der Waals surface area contributed by atoms with Crippen LogP contribution < -0.4 is 5.32 Å². The molecular weight excluding hydrogens is 358 g/mol. The van der Waals surface area contributed by atoms with E-state index in [0.29, 0.717) is 21.8 Å². The van der Waals surface area contributed by atoms with Gasteiger partial charge in [0, 0.05) is 5.56 Å². The Kier molecular flexibility index (Phi) is 5.40. The number of hydrogen-bond donors (Lipinski definition) is 1. The molecule has 7 heteroatoms. The van der Waals surface area contributed by atoms with E-state index in [-0.39, 0.29) is 5.91 Å². The Hall–Kier alpha value is -2.31. The lowest BCUT2D eigenvalue weighted by molar-refractivity contribution is -0.115. The zero-order valence-corrected chi connectivity index (χ0v) is 15.3. The van der Waals surface area contributed by atoms with E-state index in [1.54, 1.807) is 25.1 Å². The van der Waals surface area contributed by atoms with Gasteiger partial charge in [-0.3, -0.25) is 4.79 Å². The topological polar surface area (TPSA) is 68.0 Å². The van der Waals surface area contributed by atoms with E-state index in [9.17, 15) is 4.79 Å². The summed E-state index contributed by atoms with van der Waals surface area (Å²) >= 11 is 7.25. The van der Waals surface area contributed by atoms with Crippen molar-refractivity contribution in [3.8, 4) is 11.5 Å². The second-order valence-corrected chi connectivity index (χ2v) is 7.17. The van der Waals surface area contributed by atoms with Crippen molar-refractivity contribution in [3.05, 3.63) is 59.1 Å². The number of rotatable bonds is 5. The Labute approximate surface area is 154 Å². The van der Waals surface area contributed by atoms with Crippen molar-refractivity contribution in [2.75, 3.05) is 5.32 Å². The molecule has 5 nitrogen and oxygen atoms in total. The number of para-hydroxylation sites is 1. The van der Waals surface area contributed by atoms with Gasteiger partial charge in [0.1, 0.15) is 0 Å². The molecular formula is C18H16ClN3O2S. The molecule has 1 unspecified atom stereocenters. The molecule has 1 aromatic heterocycles. The normalized spacial score (nSPS) is 12.0. The fourth-order valence-corrected chi connectivity index (χ4v) is 2.94. The number of halogens is 1. The van der Waals surface area contributed by atoms with Crippen molar-refractivity contribution in [1.82, 2.24) is 10.2 Å². The van der Waals surface area contributed by atoms with Crippen LogP contribution in [-0.4, -0.2) is 21.4 Å². The van der Waals surface area contributed by atoms with Gasteiger partial charge in [0.05, 0.1) is 16.0 Å². The highest BCUT2D eigenvalue weighted by Gasteiger charge is 2.19. The molecule has 0 fully saturated rings. The van der Waals surface area contributed by atoms with Crippen LogP contribution in [0.25, 0.3) is 11.5 Å². The van der Waals surface area contributed by atoms with Gasteiger partial charge in [-0.25, -0.2) is 0 Å². The third-order valence-electron chi connectivity index (χ3n) is 3.48. The van der Waals surface area contributed by atoms with Gasteiger partial charge in [-0.2, -0.15) is 0 Å². The monoisotopic (exact) mass is 373 g/mol. The average Bonchev–Trinajstić information content (AvgIpc) is 3.06. The summed E-state index contributed by atoms with van der Waals surface area (Å²) in [5.41, 5.74) is 2.58. The first-order valence-corrected chi connectivity index (χ1v) is 8.91. The molecule has 25 heavy (non-hydrogen) atoms. The lowest BCUT2D eigenvalue weighted by Gasteiger charge is -2.10. The number of aromatic nitrogens is 2. The number of hydrogen-bond acceptors (Lipinski definition) is 5. The number of aryl methyl sites for hydroxylation is 1. The maximum absolute atomic E-state index is 12.3. The summed E-state index contributed by atoms with van der Waals surface area (Å²) in [6.45, 7) is 3.78. The van der Waals surface area contributed by atoms with Gasteiger partial charge >= 0.3 is 0 Å². The molecule has 0 spiro atoms. The standard InChI is InChI=1S/C18H16ClN3O2S/c1-11-7-9-13(10-8-11)17-21-22-18(24-17)25-12(2)16(23)20-15-6-4-3-5-14(15)19/h3-10,12H,1-2H3,(H,20,23). The number of amides is 1. The highest BCUT2D eigenvalue weighted by Crippen LogP contribution is 2.28. The van der Waals surface area contributed by atoms with Gasteiger partial charge in [0.25, 0.3) is 5.22 Å². The molecule has 3 aromatic rings. The van der Waals surface area contributed by atoms with Crippen LogP contribution in [0.3, 0.4) is 0 Å². The van der Waals surface area contributed by atoms with Gasteiger partial charge in [-0.15, -0.1) is 10.2 Å². The maximum atomic E-state index is 12.3. The molecule has 0 aliphatic heterocycles. The van der Waals surface area contributed by atoms with E-state index in [2.05, 4.69) is 15.5 Å². The second-order valence-electron chi connectivity index (χ2n) is 5.47. The number of benzene rings is 2. The Morgan fingerprint density at radius 2 is 1.88 bits per heavy atom. The van der Waals surface area contributed by atoms with E-state index in [0.717, 1.165) is 11.1 Å². The molecule has 0 saturated heterocycles. The molecule has 1 amide bonds. The van der Waals surface area contributed by atoms with Crippen LogP contribution in [0.1, 0.15) is 12.5 Å². The van der Waals surface area contributed by atoms with Gasteiger partial charge in [0.2, 0.25) is 11.8 Å². The van der Waals surface area contributed by atoms with Crippen LogP contribution in [0.2, 0.25) is 5.02 Å². The van der Waals surface area contributed by atoms with Crippen molar-refractivity contribution in [3.63, 3.8) is 0 Å². The van der Waals surface area contributed by atoms with Crippen LogP contribution in [0.5, 0.6) is 0 Å². The lowest BCUT2D eigenvalue weighted by Crippen LogP contribution is -2.22. The molecule has 0 bridgehead atoms. The Morgan fingerprint density at radius 3 is 2.60 bits per heavy atom. The smallest absolute Gasteiger partial charge is 0.277 e. The predicted octanol–water partition coefficient (Wildman–Crippen LogP) is 4.82. The van der Waals surface area contributed by atoms with Gasteiger partial charge < -0.3 is 9.73 Å². The van der Waals surface area contributed by atoms with E-state index in [1.807, 2.05) is 37.3 Å². The minimum absolute atomic E-state index is 0.187. The SMILES string of the molecule is Cc1ccc(-c2nnc(SC(C)C(=O)Nc3ccccc3Cl)o2)cc1. The van der Waals surface area contributed by atoms with Crippen LogP contribution in [0.4, 0.5) is 5.69 Å². The summed E-state index contributed by atoms with van der Waals surface area (Å²) in [5, 5.41) is 11.3. The molecule has 3 rings (SSSR count). The van der Waals surface area contributed by atoms with E-state index in [4.69, 9.17) is 16.0 Å². The Balaban J connectivity index is 1.65. The first-order valence-electron chi connectivity index (χ1n) is 7.65. The minimum atomic E-state index is -0.414. The summed E-state index contributed by atoms with van der Waals surface area (Å²) in [7, 11) is 0. The summed E-state index contributed by atoms with van der Waals surface area (Å²) in [4.78, 5) is 12.3. The Morgan fingerprint density at radius 1 is 1.16 bits per heavy atom. The first kappa shape index (κ1) is 17.5. The molecule has 0 aliphatic carbocycles. The van der Waals surface area contributed by atoms with Crippen LogP contribution >= 0.6 is 23.4 Å². The lowest BCUT2D eigenvalue weighted by atomic mass is 10.1.